The molecular weight excluding hydrogens is 428 g/mol. The third kappa shape index (κ3) is 4.43. The molecule has 6 rings (SSSR count). The Hall–Kier alpha value is -3.95. The van der Waals surface area contributed by atoms with Gasteiger partial charge in [0.15, 0.2) is 0 Å². The quantitative estimate of drug-likeness (QED) is 0.302. The van der Waals surface area contributed by atoms with E-state index < -0.39 is 0 Å². The summed E-state index contributed by atoms with van der Waals surface area (Å²) in [6.07, 6.45) is 2.20. The van der Waals surface area contributed by atoms with Gasteiger partial charge in [-0.1, -0.05) is 97.1 Å². The number of nitrogens with one attached hydrogen (secondary N) is 1. The summed E-state index contributed by atoms with van der Waals surface area (Å²) in [5.41, 5.74) is 10.9. The number of hydrogen-bond donors (Lipinski definition) is 2. The molecule has 1 fully saturated rings. The van der Waals surface area contributed by atoms with E-state index in [0.29, 0.717) is 12.3 Å². The number of carbonyl (C=O) groups excluding carboxylic acids is 1. The van der Waals surface area contributed by atoms with Gasteiger partial charge in [0.2, 0.25) is 5.91 Å². The van der Waals surface area contributed by atoms with Crippen molar-refractivity contribution in [2.75, 3.05) is 5.32 Å². The predicted molar refractivity (Wildman–Crippen MR) is 145 cm³/mol. The highest BCUT2D eigenvalue weighted by Gasteiger charge is 2.51. The Balaban J connectivity index is 1.10. The van der Waals surface area contributed by atoms with Gasteiger partial charge in [-0.2, -0.15) is 0 Å². The fraction of sp³-hybridized carbons (Fsp3) is 0.156. The smallest absolute Gasteiger partial charge is 0.228 e. The fourth-order valence-corrected chi connectivity index (χ4v) is 5.32. The second-order valence-corrected chi connectivity index (χ2v) is 9.83. The highest BCUT2D eigenvalue weighted by molar-refractivity contribution is 5.96. The molecule has 0 aromatic heterocycles. The Kier molecular flexibility index (Phi) is 5.35. The lowest BCUT2D eigenvalue weighted by molar-refractivity contribution is -0.115. The molecule has 3 nitrogen and oxygen atoms in total. The Morgan fingerprint density at radius 3 is 2.34 bits per heavy atom. The molecule has 0 heterocycles. The Bertz CT molecular complexity index is 1530. The maximum Gasteiger partial charge on any atom is 0.228 e. The minimum atomic E-state index is -0.207. The highest BCUT2D eigenvalue weighted by atomic mass is 16.1. The molecule has 2 atom stereocenters. The predicted octanol–water partition coefficient (Wildman–Crippen LogP) is 6.60. The minimum Gasteiger partial charge on any atom is -0.326 e. The Labute approximate surface area is 205 Å². The van der Waals surface area contributed by atoms with Crippen LogP contribution in [0, 0.1) is 0 Å². The molecule has 3 N–H and O–H groups in total. The van der Waals surface area contributed by atoms with E-state index in [4.69, 9.17) is 5.73 Å². The zero-order chi connectivity index (χ0) is 23.8. The standard InChI is InChI=1S/C32H28N2O/c33-32(20-22-12-13-23-6-1-2-8-26(23)18-22)21-30(32)25-14-16-28(17-15-25)34-31(35)19-27-10-5-9-24-7-3-4-11-29(24)27/h1-18,30H,19-21,33H2,(H,34,35)/t30-,32-/m0/s1. The summed E-state index contributed by atoms with van der Waals surface area (Å²) in [6, 6.07) is 37.5. The summed E-state index contributed by atoms with van der Waals surface area (Å²) in [6.45, 7) is 0. The molecule has 35 heavy (non-hydrogen) atoms. The normalized spacial score (nSPS) is 19.1. The Morgan fingerprint density at radius 2 is 1.51 bits per heavy atom. The molecule has 0 bridgehead atoms. The minimum absolute atomic E-state index is 0.00926. The van der Waals surface area contributed by atoms with Crippen LogP contribution in [0.3, 0.4) is 0 Å². The number of nitrogens with two attached hydrogens (primary N) is 1. The number of anilines is 1. The molecule has 1 saturated carbocycles. The van der Waals surface area contributed by atoms with E-state index in [2.05, 4.69) is 78.1 Å². The van der Waals surface area contributed by atoms with Crippen molar-refractivity contribution in [1.82, 2.24) is 0 Å². The van der Waals surface area contributed by atoms with Gasteiger partial charge < -0.3 is 11.1 Å². The molecular formula is C32H28N2O. The molecule has 0 spiro atoms. The second-order valence-electron chi connectivity index (χ2n) is 9.83. The molecule has 0 radical (unpaired) electrons. The first-order valence-corrected chi connectivity index (χ1v) is 12.2. The van der Waals surface area contributed by atoms with E-state index in [1.54, 1.807) is 0 Å². The summed E-state index contributed by atoms with van der Waals surface area (Å²) < 4.78 is 0. The van der Waals surface area contributed by atoms with Gasteiger partial charge in [-0.15, -0.1) is 0 Å². The molecule has 5 aromatic carbocycles. The number of fused-ring (bicyclic) bond motifs is 2. The number of benzene rings is 5. The molecule has 172 valence electrons. The molecule has 1 aliphatic rings. The van der Waals surface area contributed by atoms with Crippen molar-refractivity contribution in [3.63, 3.8) is 0 Å². The summed E-state index contributed by atoms with van der Waals surface area (Å²) in [4.78, 5) is 12.7. The lowest BCUT2D eigenvalue weighted by Gasteiger charge is -2.13. The number of amides is 1. The van der Waals surface area contributed by atoms with E-state index in [-0.39, 0.29) is 11.4 Å². The first-order valence-electron chi connectivity index (χ1n) is 12.2. The van der Waals surface area contributed by atoms with Crippen LogP contribution in [0.1, 0.15) is 29.0 Å². The van der Waals surface area contributed by atoms with Gasteiger partial charge in [0.1, 0.15) is 0 Å². The first-order chi connectivity index (χ1) is 17.1. The van der Waals surface area contributed by atoms with E-state index in [1.165, 1.54) is 21.9 Å². The molecule has 5 aromatic rings. The largest absolute Gasteiger partial charge is 0.326 e. The van der Waals surface area contributed by atoms with E-state index in [0.717, 1.165) is 34.9 Å². The average Bonchev–Trinajstić information content (AvgIpc) is 3.55. The van der Waals surface area contributed by atoms with Crippen molar-refractivity contribution in [2.24, 2.45) is 5.73 Å². The van der Waals surface area contributed by atoms with Crippen molar-refractivity contribution >= 4 is 33.1 Å². The lowest BCUT2D eigenvalue weighted by atomic mass is 9.97. The zero-order valence-electron chi connectivity index (χ0n) is 19.6. The molecule has 0 saturated heterocycles. The van der Waals surface area contributed by atoms with Crippen LogP contribution in [-0.4, -0.2) is 11.4 Å². The number of rotatable bonds is 6. The molecule has 0 aliphatic heterocycles. The van der Waals surface area contributed by atoms with Gasteiger partial charge in [0.25, 0.3) is 0 Å². The number of carbonyl (C=O) groups is 1. The zero-order valence-corrected chi connectivity index (χ0v) is 19.6. The fourth-order valence-electron chi connectivity index (χ4n) is 5.32. The van der Waals surface area contributed by atoms with Crippen LogP contribution >= 0.6 is 0 Å². The monoisotopic (exact) mass is 456 g/mol. The third-order valence-corrected chi connectivity index (χ3v) is 7.29. The SMILES string of the molecule is N[C@@]1(Cc2ccc3ccccc3c2)C[C@H]1c1ccc(NC(=O)Cc2cccc3ccccc23)cc1. The Morgan fingerprint density at radius 1 is 0.800 bits per heavy atom. The molecule has 1 amide bonds. The maximum atomic E-state index is 12.7. The summed E-state index contributed by atoms with van der Waals surface area (Å²) in [7, 11) is 0. The summed E-state index contributed by atoms with van der Waals surface area (Å²) >= 11 is 0. The van der Waals surface area contributed by atoms with Crippen molar-refractivity contribution in [3.8, 4) is 0 Å². The van der Waals surface area contributed by atoms with Crippen LogP contribution < -0.4 is 11.1 Å². The van der Waals surface area contributed by atoms with Crippen molar-refractivity contribution in [3.05, 3.63) is 126 Å². The van der Waals surface area contributed by atoms with Crippen molar-refractivity contribution in [2.45, 2.75) is 30.7 Å². The van der Waals surface area contributed by atoms with Crippen LogP contribution in [0.5, 0.6) is 0 Å². The van der Waals surface area contributed by atoms with Gasteiger partial charge in [0.05, 0.1) is 6.42 Å². The number of hydrogen-bond acceptors (Lipinski definition) is 2. The van der Waals surface area contributed by atoms with E-state index in [9.17, 15) is 4.79 Å². The van der Waals surface area contributed by atoms with E-state index >= 15 is 0 Å². The molecule has 0 unspecified atom stereocenters. The van der Waals surface area contributed by atoms with Crippen LogP contribution in [-0.2, 0) is 17.6 Å². The highest BCUT2D eigenvalue weighted by Crippen LogP contribution is 2.51. The lowest BCUT2D eigenvalue weighted by Crippen LogP contribution is -2.27. The molecule has 3 heteroatoms. The second kappa shape index (κ2) is 8.68. The van der Waals surface area contributed by atoms with Crippen LogP contribution in [0.2, 0.25) is 0 Å². The van der Waals surface area contributed by atoms with E-state index in [1.807, 2.05) is 36.4 Å². The summed E-state index contributed by atoms with van der Waals surface area (Å²) in [5.74, 6) is 0.333. The third-order valence-electron chi connectivity index (χ3n) is 7.29. The summed E-state index contributed by atoms with van der Waals surface area (Å²) in [5, 5.41) is 7.84. The maximum absolute atomic E-state index is 12.7. The van der Waals surface area contributed by atoms with Gasteiger partial charge in [-0.05, 0) is 63.2 Å². The van der Waals surface area contributed by atoms with Gasteiger partial charge in [-0.25, -0.2) is 0 Å². The van der Waals surface area contributed by atoms with Crippen molar-refractivity contribution in [1.29, 1.82) is 0 Å². The molecule has 1 aliphatic carbocycles. The van der Waals surface area contributed by atoms with Gasteiger partial charge in [-0.3, -0.25) is 4.79 Å². The first kappa shape index (κ1) is 21.6. The topological polar surface area (TPSA) is 55.1 Å². The van der Waals surface area contributed by atoms with Crippen LogP contribution in [0.4, 0.5) is 5.69 Å². The van der Waals surface area contributed by atoms with Gasteiger partial charge >= 0.3 is 0 Å². The van der Waals surface area contributed by atoms with Crippen molar-refractivity contribution < 1.29 is 4.79 Å². The van der Waals surface area contributed by atoms with Crippen LogP contribution in [0.15, 0.2) is 109 Å². The van der Waals surface area contributed by atoms with Crippen LogP contribution in [0.25, 0.3) is 21.5 Å². The average molecular weight is 457 g/mol. The van der Waals surface area contributed by atoms with Gasteiger partial charge in [0, 0.05) is 17.1 Å².